The fourth-order valence-corrected chi connectivity index (χ4v) is 1.88. The number of Topliss-reactive ketones (excluding diaryl/α,β-unsaturated/α-hetero) is 2. The van der Waals surface area contributed by atoms with Crippen molar-refractivity contribution in [1.82, 2.24) is 0 Å². The van der Waals surface area contributed by atoms with Gasteiger partial charge in [0.2, 0.25) is 11.6 Å². The topological polar surface area (TPSA) is 80.7 Å². The molecule has 5 nitrogen and oxygen atoms in total. The van der Waals surface area contributed by atoms with Gasteiger partial charge in [0.05, 0.1) is 6.61 Å². The van der Waals surface area contributed by atoms with Crippen LogP contribution in [-0.4, -0.2) is 29.2 Å². The van der Waals surface area contributed by atoms with Gasteiger partial charge in [0, 0.05) is 5.56 Å². The van der Waals surface area contributed by atoms with Crippen molar-refractivity contribution < 1.29 is 24.2 Å². The molecule has 0 aromatic heterocycles. The molecule has 2 rings (SSSR count). The average Bonchev–Trinajstić information content (AvgIpc) is 2.36. The van der Waals surface area contributed by atoms with Crippen LogP contribution in [0.1, 0.15) is 28.8 Å². The van der Waals surface area contributed by atoms with E-state index in [-0.39, 0.29) is 5.56 Å². The molecule has 1 aromatic carbocycles. The monoisotopic (exact) mass is 248 g/mol. The lowest BCUT2D eigenvalue weighted by molar-refractivity contribution is -0.139. The molecule has 1 heterocycles. The second-order valence-corrected chi connectivity index (χ2v) is 4.10. The second-order valence-electron chi connectivity index (χ2n) is 4.10. The number of ketones is 2. The van der Waals surface area contributed by atoms with Crippen LogP contribution in [0.3, 0.4) is 0 Å². The molecule has 0 radical (unpaired) electrons. The minimum atomic E-state index is -1.30. The number of carbonyl (C=O) groups is 3. The maximum atomic E-state index is 11.7. The fraction of sp³-hybridized carbons (Fsp3) is 0.308. The van der Waals surface area contributed by atoms with Gasteiger partial charge in [-0.15, -0.1) is 0 Å². The number of hydrogen-bond donors (Lipinski definition) is 1. The first-order valence-electron chi connectivity index (χ1n) is 5.63. The van der Waals surface area contributed by atoms with Crippen molar-refractivity contribution in [3.63, 3.8) is 0 Å². The Morgan fingerprint density at radius 1 is 1.28 bits per heavy atom. The minimum absolute atomic E-state index is 0.227. The number of carboxylic acids is 1. The van der Waals surface area contributed by atoms with Crippen LogP contribution in [0.5, 0.6) is 5.75 Å². The predicted molar refractivity (Wildman–Crippen MR) is 61.8 cm³/mol. The van der Waals surface area contributed by atoms with Crippen molar-refractivity contribution in [3.05, 3.63) is 29.3 Å². The maximum Gasteiger partial charge on any atom is 0.311 e. The summed E-state index contributed by atoms with van der Waals surface area (Å²) in [5.74, 6) is -2.23. The van der Waals surface area contributed by atoms with Gasteiger partial charge in [-0.05, 0) is 36.6 Å². The quantitative estimate of drug-likeness (QED) is 0.492. The number of benzene rings is 1. The number of aryl methyl sites for hydroxylation is 1. The highest BCUT2D eigenvalue weighted by molar-refractivity contribution is 6.45. The van der Waals surface area contributed by atoms with Crippen molar-refractivity contribution >= 4 is 17.5 Å². The molecule has 0 saturated carbocycles. The zero-order chi connectivity index (χ0) is 13.1. The van der Waals surface area contributed by atoms with E-state index in [0.717, 1.165) is 24.2 Å². The zero-order valence-electron chi connectivity index (χ0n) is 9.64. The summed E-state index contributed by atoms with van der Waals surface area (Å²) in [7, 11) is 0. The first-order valence-corrected chi connectivity index (χ1v) is 5.63. The van der Waals surface area contributed by atoms with Crippen LogP contribution in [0.2, 0.25) is 0 Å². The SMILES string of the molecule is O=C(O)CC(=O)C(=O)c1ccc2c(c1)CCCO2. The second kappa shape index (κ2) is 5.00. The lowest BCUT2D eigenvalue weighted by atomic mass is 9.99. The van der Waals surface area contributed by atoms with Gasteiger partial charge in [0.25, 0.3) is 0 Å². The standard InChI is InChI=1S/C13H12O5/c14-10(7-12(15)16)13(17)9-3-4-11-8(6-9)2-1-5-18-11/h3-4,6H,1-2,5,7H2,(H,15,16). The summed E-state index contributed by atoms with van der Waals surface area (Å²) in [5.41, 5.74) is 1.11. The van der Waals surface area contributed by atoms with Gasteiger partial charge in [0.15, 0.2) is 0 Å². The van der Waals surface area contributed by atoms with Crippen molar-refractivity contribution in [3.8, 4) is 5.75 Å². The first kappa shape index (κ1) is 12.3. The van der Waals surface area contributed by atoms with Crippen molar-refractivity contribution in [2.45, 2.75) is 19.3 Å². The van der Waals surface area contributed by atoms with Crippen molar-refractivity contribution in [2.75, 3.05) is 6.61 Å². The van der Waals surface area contributed by atoms with Crippen molar-refractivity contribution in [1.29, 1.82) is 0 Å². The number of hydrogen-bond acceptors (Lipinski definition) is 4. The Balaban J connectivity index is 2.21. The summed E-state index contributed by atoms with van der Waals surface area (Å²) in [4.78, 5) is 33.5. The molecule has 1 aromatic rings. The van der Waals surface area contributed by atoms with Crippen LogP contribution in [-0.2, 0) is 16.0 Å². The highest BCUT2D eigenvalue weighted by atomic mass is 16.5. The third kappa shape index (κ3) is 2.56. The largest absolute Gasteiger partial charge is 0.493 e. The Morgan fingerprint density at radius 3 is 2.78 bits per heavy atom. The van der Waals surface area contributed by atoms with E-state index in [1.54, 1.807) is 12.1 Å². The Labute approximate surface area is 103 Å². The molecule has 18 heavy (non-hydrogen) atoms. The molecule has 0 fully saturated rings. The summed E-state index contributed by atoms with van der Waals surface area (Å²) in [6, 6.07) is 4.75. The number of carbonyl (C=O) groups excluding carboxylic acids is 2. The number of aliphatic carboxylic acids is 1. The molecule has 0 saturated heterocycles. The number of rotatable bonds is 4. The van der Waals surface area contributed by atoms with Gasteiger partial charge in [0.1, 0.15) is 12.2 Å². The third-order valence-corrected chi connectivity index (χ3v) is 2.74. The number of fused-ring (bicyclic) bond motifs is 1. The highest BCUT2D eigenvalue weighted by Gasteiger charge is 2.21. The molecular formula is C13H12O5. The molecule has 0 bridgehead atoms. The lowest BCUT2D eigenvalue weighted by Crippen LogP contribution is -2.18. The Bertz CT molecular complexity index is 518. The van der Waals surface area contributed by atoms with Crippen LogP contribution < -0.4 is 4.74 Å². The summed E-state index contributed by atoms with van der Waals surface area (Å²) in [6.07, 6.45) is 0.893. The van der Waals surface area contributed by atoms with E-state index in [1.807, 2.05) is 0 Å². The summed E-state index contributed by atoms with van der Waals surface area (Å²) >= 11 is 0. The molecule has 0 atom stereocenters. The van der Waals surface area contributed by atoms with Crippen LogP contribution in [0.15, 0.2) is 18.2 Å². The van der Waals surface area contributed by atoms with Gasteiger partial charge >= 0.3 is 5.97 Å². The van der Waals surface area contributed by atoms with Gasteiger partial charge in [-0.1, -0.05) is 0 Å². The summed E-state index contributed by atoms with van der Waals surface area (Å²) < 4.78 is 5.39. The predicted octanol–water partition coefficient (Wildman–Crippen LogP) is 1.24. The molecule has 1 aliphatic rings. The van der Waals surface area contributed by atoms with E-state index in [4.69, 9.17) is 9.84 Å². The molecule has 0 amide bonds. The molecule has 0 unspecified atom stereocenters. The maximum absolute atomic E-state index is 11.7. The van der Waals surface area contributed by atoms with Crippen LogP contribution in [0, 0.1) is 0 Å². The van der Waals surface area contributed by atoms with E-state index in [9.17, 15) is 14.4 Å². The minimum Gasteiger partial charge on any atom is -0.493 e. The molecule has 5 heteroatoms. The van der Waals surface area contributed by atoms with E-state index in [1.165, 1.54) is 6.07 Å². The lowest BCUT2D eigenvalue weighted by Gasteiger charge is -2.17. The van der Waals surface area contributed by atoms with E-state index < -0.39 is 24.0 Å². The normalized spacial score (nSPS) is 13.3. The van der Waals surface area contributed by atoms with Gasteiger partial charge in [-0.3, -0.25) is 14.4 Å². The van der Waals surface area contributed by atoms with Crippen molar-refractivity contribution in [2.24, 2.45) is 0 Å². The zero-order valence-corrected chi connectivity index (χ0v) is 9.64. The van der Waals surface area contributed by atoms with Gasteiger partial charge in [-0.25, -0.2) is 0 Å². The van der Waals surface area contributed by atoms with Crippen LogP contribution in [0.4, 0.5) is 0 Å². The molecule has 94 valence electrons. The first-order chi connectivity index (χ1) is 8.58. The Hall–Kier alpha value is -2.17. The number of ether oxygens (including phenoxy) is 1. The highest BCUT2D eigenvalue weighted by Crippen LogP contribution is 2.25. The number of carboxylic acid groups (broad SMARTS) is 1. The molecule has 1 N–H and O–H groups in total. The average molecular weight is 248 g/mol. The summed E-state index contributed by atoms with van der Waals surface area (Å²) in [6.45, 7) is 0.651. The van der Waals surface area contributed by atoms with Crippen LogP contribution >= 0.6 is 0 Å². The van der Waals surface area contributed by atoms with E-state index in [0.29, 0.717) is 6.61 Å². The Kier molecular flexibility index (Phi) is 3.41. The molecule has 1 aliphatic heterocycles. The molecular weight excluding hydrogens is 236 g/mol. The molecule has 0 spiro atoms. The fourth-order valence-electron chi connectivity index (χ4n) is 1.88. The van der Waals surface area contributed by atoms with Gasteiger partial charge in [-0.2, -0.15) is 0 Å². The van der Waals surface area contributed by atoms with E-state index >= 15 is 0 Å². The third-order valence-electron chi connectivity index (χ3n) is 2.74. The Morgan fingerprint density at radius 2 is 2.06 bits per heavy atom. The summed E-state index contributed by atoms with van der Waals surface area (Å²) in [5, 5.41) is 8.48. The van der Waals surface area contributed by atoms with Gasteiger partial charge < -0.3 is 9.84 Å². The smallest absolute Gasteiger partial charge is 0.311 e. The van der Waals surface area contributed by atoms with E-state index in [2.05, 4.69) is 0 Å². The van der Waals surface area contributed by atoms with Crippen LogP contribution in [0.25, 0.3) is 0 Å². The molecule has 0 aliphatic carbocycles.